The van der Waals surface area contributed by atoms with Crippen LogP contribution in [-0.2, 0) is 0 Å². The summed E-state index contributed by atoms with van der Waals surface area (Å²) in [4.78, 5) is 12.1. The third-order valence-electron chi connectivity index (χ3n) is 2.55. The third-order valence-corrected chi connectivity index (χ3v) is 3.11. The average molecular weight is 307 g/mol. The van der Waals surface area contributed by atoms with E-state index < -0.39 is 5.91 Å². The molecule has 0 spiro atoms. The second-order valence-electron chi connectivity index (χ2n) is 3.92. The van der Waals surface area contributed by atoms with Gasteiger partial charge in [-0.2, -0.15) is 5.26 Å². The number of carbonyl (C=O) groups is 1. The van der Waals surface area contributed by atoms with Crippen LogP contribution in [0.5, 0.6) is 5.75 Å². The molecule has 0 aliphatic rings. The predicted molar refractivity (Wildman–Crippen MR) is 77.2 cm³/mol. The molecular weight excluding hydrogens is 299 g/mol. The van der Waals surface area contributed by atoms with Crippen molar-refractivity contribution in [1.82, 2.24) is 0 Å². The second-order valence-corrected chi connectivity index (χ2v) is 4.77. The zero-order valence-electron chi connectivity index (χ0n) is 10.0. The molecule has 0 heterocycles. The number of rotatable bonds is 2. The first-order valence-electron chi connectivity index (χ1n) is 5.51. The molecule has 0 fully saturated rings. The molecule has 0 aliphatic carbocycles. The van der Waals surface area contributed by atoms with E-state index in [0.717, 1.165) is 0 Å². The fourth-order valence-electron chi connectivity index (χ4n) is 1.57. The highest BCUT2D eigenvalue weighted by atomic mass is 35.5. The van der Waals surface area contributed by atoms with E-state index in [4.69, 9.17) is 28.5 Å². The van der Waals surface area contributed by atoms with Crippen LogP contribution in [0.25, 0.3) is 0 Å². The maximum Gasteiger partial charge on any atom is 0.259 e. The Kier molecular flexibility index (Phi) is 4.14. The van der Waals surface area contributed by atoms with Gasteiger partial charge in [-0.3, -0.25) is 4.79 Å². The molecule has 100 valence electrons. The maximum absolute atomic E-state index is 12.1. The highest BCUT2D eigenvalue weighted by Crippen LogP contribution is 2.26. The molecule has 2 rings (SSSR count). The minimum absolute atomic E-state index is 0.0240. The summed E-state index contributed by atoms with van der Waals surface area (Å²) in [7, 11) is 0. The van der Waals surface area contributed by atoms with Crippen LogP contribution in [0.15, 0.2) is 36.4 Å². The van der Waals surface area contributed by atoms with Crippen LogP contribution in [0.3, 0.4) is 0 Å². The first kappa shape index (κ1) is 14.2. The standard InChI is InChI=1S/C14H8Cl2N2O2/c15-9-2-4-13(19)10(6-9)14(20)18-12-5-8(7-17)1-3-11(12)16/h1-6,19H,(H,18,20). The molecule has 0 saturated heterocycles. The lowest BCUT2D eigenvalue weighted by molar-refractivity contribution is 0.102. The van der Waals surface area contributed by atoms with E-state index in [0.29, 0.717) is 15.6 Å². The number of nitriles is 1. The summed E-state index contributed by atoms with van der Waals surface area (Å²) >= 11 is 11.7. The molecule has 6 heteroatoms. The lowest BCUT2D eigenvalue weighted by atomic mass is 10.1. The number of halogens is 2. The molecular formula is C14H8Cl2N2O2. The summed E-state index contributed by atoms with van der Waals surface area (Å²) in [5.41, 5.74) is 0.672. The van der Waals surface area contributed by atoms with Gasteiger partial charge in [0.25, 0.3) is 5.91 Å². The molecule has 2 aromatic carbocycles. The van der Waals surface area contributed by atoms with E-state index in [1.807, 2.05) is 6.07 Å². The smallest absolute Gasteiger partial charge is 0.259 e. The van der Waals surface area contributed by atoms with Crippen molar-refractivity contribution in [2.45, 2.75) is 0 Å². The van der Waals surface area contributed by atoms with Gasteiger partial charge in [0.05, 0.1) is 27.9 Å². The number of aromatic hydroxyl groups is 1. The Morgan fingerprint density at radius 1 is 1.20 bits per heavy atom. The summed E-state index contributed by atoms with van der Waals surface area (Å²) in [6.07, 6.45) is 0. The number of phenolic OH excluding ortho intramolecular Hbond substituents is 1. The molecule has 2 aromatic rings. The first-order valence-corrected chi connectivity index (χ1v) is 6.26. The summed E-state index contributed by atoms with van der Waals surface area (Å²) in [6.45, 7) is 0. The first-order chi connectivity index (χ1) is 9.51. The molecule has 0 radical (unpaired) electrons. The molecule has 0 aliphatic heterocycles. The number of anilines is 1. The van der Waals surface area contributed by atoms with Gasteiger partial charge in [-0.05, 0) is 36.4 Å². The second kappa shape index (κ2) is 5.83. The van der Waals surface area contributed by atoms with Crippen molar-refractivity contribution >= 4 is 34.8 Å². The van der Waals surface area contributed by atoms with Gasteiger partial charge in [-0.25, -0.2) is 0 Å². The fourth-order valence-corrected chi connectivity index (χ4v) is 1.91. The lowest BCUT2D eigenvalue weighted by Crippen LogP contribution is -2.12. The fraction of sp³-hybridized carbons (Fsp3) is 0. The van der Waals surface area contributed by atoms with Gasteiger partial charge in [-0.15, -0.1) is 0 Å². The van der Waals surface area contributed by atoms with Gasteiger partial charge in [0, 0.05) is 5.02 Å². The van der Waals surface area contributed by atoms with Gasteiger partial charge in [0.1, 0.15) is 5.75 Å². The van der Waals surface area contributed by atoms with Crippen molar-refractivity contribution in [3.05, 3.63) is 57.6 Å². The van der Waals surface area contributed by atoms with Gasteiger partial charge < -0.3 is 10.4 Å². The quantitative estimate of drug-likeness (QED) is 0.885. The number of nitrogens with one attached hydrogen (secondary N) is 1. The molecule has 0 bridgehead atoms. The van der Waals surface area contributed by atoms with Crippen LogP contribution < -0.4 is 5.32 Å². The van der Waals surface area contributed by atoms with E-state index in [1.165, 1.54) is 36.4 Å². The van der Waals surface area contributed by atoms with Crippen LogP contribution in [-0.4, -0.2) is 11.0 Å². The van der Waals surface area contributed by atoms with Gasteiger partial charge in [0.15, 0.2) is 0 Å². The van der Waals surface area contributed by atoms with Gasteiger partial charge in [-0.1, -0.05) is 23.2 Å². The number of hydrogen-bond acceptors (Lipinski definition) is 3. The minimum Gasteiger partial charge on any atom is -0.507 e. The third kappa shape index (κ3) is 3.02. The Morgan fingerprint density at radius 3 is 2.65 bits per heavy atom. The molecule has 20 heavy (non-hydrogen) atoms. The zero-order chi connectivity index (χ0) is 14.7. The van der Waals surface area contributed by atoms with E-state index in [1.54, 1.807) is 0 Å². The Bertz CT molecular complexity index is 724. The number of benzene rings is 2. The number of amides is 1. The molecule has 0 saturated carbocycles. The highest BCUT2D eigenvalue weighted by molar-refractivity contribution is 6.34. The van der Waals surface area contributed by atoms with E-state index >= 15 is 0 Å². The number of nitrogens with zero attached hydrogens (tertiary/aromatic N) is 1. The SMILES string of the molecule is N#Cc1ccc(Cl)c(NC(=O)c2cc(Cl)ccc2O)c1. The van der Waals surface area contributed by atoms with Crippen molar-refractivity contribution < 1.29 is 9.90 Å². The van der Waals surface area contributed by atoms with Crippen LogP contribution in [0.2, 0.25) is 10.0 Å². The van der Waals surface area contributed by atoms with Crippen LogP contribution in [0, 0.1) is 11.3 Å². The Balaban J connectivity index is 2.33. The molecule has 0 unspecified atom stereocenters. The van der Waals surface area contributed by atoms with Crippen molar-refractivity contribution in [3.63, 3.8) is 0 Å². The Morgan fingerprint density at radius 2 is 1.95 bits per heavy atom. The maximum atomic E-state index is 12.1. The van der Waals surface area contributed by atoms with E-state index in [2.05, 4.69) is 5.32 Å². The average Bonchev–Trinajstić information content (AvgIpc) is 2.43. The van der Waals surface area contributed by atoms with E-state index in [-0.39, 0.29) is 17.0 Å². The highest BCUT2D eigenvalue weighted by Gasteiger charge is 2.13. The molecule has 0 atom stereocenters. The summed E-state index contributed by atoms with van der Waals surface area (Å²) in [6, 6.07) is 10.6. The molecule has 4 nitrogen and oxygen atoms in total. The van der Waals surface area contributed by atoms with Crippen LogP contribution >= 0.6 is 23.2 Å². The topological polar surface area (TPSA) is 73.1 Å². The van der Waals surface area contributed by atoms with Crippen LogP contribution in [0.1, 0.15) is 15.9 Å². The predicted octanol–water partition coefficient (Wildman–Crippen LogP) is 3.82. The zero-order valence-corrected chi connectivity index (χ0v) is 11.5. The molecule has 1 amide bonds. The summed E-state index contributed by atoms with van der Waals surface area (Å²) in [5, 5.41) is 21.6. The van der Waals surface area contributed by atoms with Gasteiger partial charge >= 0.3 is 0 Å². The molecule has 2 N–H and O–H groups in total. The number of hydrogen-bond donors (Lipinski definition) is 2. The Labute approximate surface area is 125 Å². The Hall–Kier alpha value is -2.22. The number of carbonyl (C=O) groups excluding carboxylic acids is 1. The summed E-state index contributed by atoms with van der Waals surface area (Å²) in [5.74, 6) is -0.763. The van der Waals surface area contributed by atoms with Crippen LogP contribution in [0.4, 0.5) is 5.69 Å². The van der Waals surface area contributed by atoms with E-state index in [9.17, 15) is 9.90 Å². The van der Waals surface area contributed by atoms with Gasteiger partial charge in [0.2, 0.25) is 0 Å². The van der Waals surface area contributed by atoms with Crippen molar-refractivity contribution in [3.8, 4) is 11.8 Å². The minimum atomic E-state index is -0.568. The van der Waals surface area contributed by atoms with Crippen molar-refractivity contribution in [2.75, 3.05) is 5.32 Å². The largest absolute Gasteiger partial charge is 0.507 e. The lowest BCUT2D eigenvalue weighted by Gasteiger charge is -2.09. The monoisotopic (exact) mass is 306 g/mol. The normalized spacial score (nSPS) is 9.85. The van der Waals surface area contributed by atoms with Crippen molar-refractivity contribution in [2.24, 2.45) is 0 Å². The number of phenols is 1. The summed E-state index contributed by atoms with van der Waals surface area (Å²) < 4.78 is 0. The van der Waals surface area contributed by atoms with Crippen molar-refractivity contribution in [1.29, 1.82) is 5.26 Å². The molecule has 0 aromatic heterocycles.